The lowest BCUT2D eigenvalue weighted by molar-refractivity contribution is -0.141. The zero-order valence-corrected chi connectivity index (χ0v) is 12.9. The van der Waals surface area contributed by atoms with Crippen LogP contribution in [0.5, 0.6) is 0 Å². The molecule has 0 fully saturated rings. The van der Waals surface area contributed by atoms with Gasteiger partial charge in [-0.2, -0.15) is 23.4 Å². The predicted molar refractivity (Wildman–Crippen MR) is 77.4 cm³/mol. The summed E-state index contributed by atoms with van der Waals surface area (Å²) in [7, 11) is 1.50. The van der Waals surface area contributed by atoms with E-state index in [1.54, 1.807) is 0 Å². The second kappa shape index (κ2) is 6.41. The van der Waals surface area contributed by atoms with Crippen molar-refractivity contribution < 1.29 is 13.2 Å². The Morgan fingerprint density at radius 1 is 1.23 bits per heavy atom. The predicted octanol–water partition coefficient (Wildman–Crippen LogP) is 3.36. The molecule has 0 aliphatic heterocycles. The van der Waals surface area contributed by atoms with Crippen LogP contribution in [-0.4, -0.2) is 19.6 Å². The normalized spacial score (nSPS) is 11.9. The van der Waals surface area contributed by atoms with Gasteiger partial charge in [0, 0.05) is 25.4 Å². The van der Waals surface area contributed by atoms with Crippen LogP contribution in [0.15, 0.2) is 12.1 Å². The van der Waals surface area contributed by atoms with Gasteiger partial charge < -0.3 is 5.32 Å². The van der Waals surface area contributed by atoms with E-state index >= 15 is 0 Å². The lowest BCUT2D eigenvalue weighted by Gasteiger charge is -2.04. The molecule has 0 unspecified atom stereocenters. The minimum absolute atomic E-state index is 0.240. The van der Waals surface area contributed by atoms with Gasteiger partial charge in [0.15, 0.2) is 5.69 Å². The van der Waals surface area contributed by atoms with Crippen LogP contribution >= 0.6 is 0 Å². The number of halogens is 3. The first-order valence-electron chi connectivity index (χ1n) is 7.19. The van der Waals surface area contributed by atoms with Crippen LogP contribution in [0.1, 0.15) is 36.8 Å². The van der Waals surface area contributed by atoms with Gasteiger partial charge in [0.1, 0.15) is 5.82 Å². The van der Waals surface area contributed by atoms with Crippen molar-refractivity contribution in [2.45, 2.75) is 46.0 Å². The van der Waals surface area contributed by atoms with E-state index in [0.29, 0.717) is 11.5 Å². The number of anilines is 1. The molecule has 0 spiro atoms. The maximum absolute atomic E-state index is 12.6. The van der Waals surface area contributed by atoms with Crippen molar-refractivity contribution >= 4 is 5.82 Å². The van der Waals surface area contributed by atoms with Crippen molar-refractivity contribution in [2.75, 3.05) is 5.32 Å². The van der Waals surface area contributed by atoms with E-state index in [1.807, 2.05) is 17.7 Å². The van der Waals surface area contributed by atoms with Crippen LogP contribution in [0, 0.1) is 6.92 Å². The molecule has 2 heterocycles. The van der Waals surface area contributed by atoms with Gasteiger partial charge in [-0.05, 0) is 19.4 Å². The molecule has 5 nitrogen and oxygen atoms in total. The fourth-order valence-electron chi connectivity index (χ4n) is 2.12. The molecule has 0 saturated carbocycles. The number of hydrogen-bond donors (Lipinski definition) is 1. The molecule has 0 radical (unpaired) electrons. The molecule has 0 aliphatic rings. The Kier molecular flexibility index (Phi) is 4.77. The summed E-state index contributed by atoms with van der Waals surface area (Å²) >= 11 is 0. The Morgan fingerprint density at radius 3 is 2.55 bits per heavy atom. The Labute approximate surface area is 127 Å². The van der Waals surface area contributed by atoms with E-state index in [9.17, 15) is 13.2 Å². The second-order valence-corrected chi connectivity index (χ2v) is 5.24. The summed E-state index contributed by atoms with van der Waals surface area (Å²) < 4.78 is 41.0. The molecule has 8 heteroatoms. The van der Waals surface area contributed by atoms with Crippen LogP contribution in [0.3, 0.4) is 0 Å². The lowest BCUT2D eigenvalue weighted by Crippen LogP contribution is -2.07. The molecule has 2 aromatic rings. The number of aromatic nitrogens is 4. The van der Waals surface area contributed by atoms with Crippen LogP contribution in [0.25, 0.3) is 0 Å². The molecule has 0 amide bonds. The number of alkyl halides is 3. The summed E-state index contributed by atoms with van der Waals surface area (Å²) in [6.45, 7) is 5.15. The van der Waals surface area contributed by atoms with Crippen LogP contribution in [0.4, 0.5) is 19.0 Å². The summed E-state index contributed by atoms with van der Waals surface area (Å²) in [5.41, 5.74) is 0.599. The molecular weight excluding hydrogens is 295 g/mol. The van der Waals surface area contributed by atoms with E-state index in [1.165, 1.54) is 11.7 Å². The zero-order chi connectivity index (χ0) is 16.3. The van der Waals surface area contributed by atoms with Crippen molar-refractivity contribution in [2.24, 2.45) is 7.05 Å². The van der Waals surface area contributed by atoms with Gasteiger partial charge >= 0.3 is 6.18 Å². The number of nitrogens with zero attached hydrogens (tertiary/aromatic N) is 4. The molecule has 122 valence electrons. The highest BCUT2D eigenvalue weighted by Crippen LogP contribution is 2.28. The average Bonchev–Trinajstić information content (AvgIpc) is 2.97. The Hall–Kier alpha value is -1.99. The van der Waals surface area contributed by atoms with E-state index in [0.717, 1.165) is 31.1 Å². The molecular formula is C14H20F3N5. The average molecular weight is 315 g/mol. The van der Waals surface area contributed by atoms with Crippen molar-refractivity contribution in [3.05, 3.63) is 29.2 Å². The first-order chi connectivity index (χ1) is 10.3. The molecule has 22 heavy (non-hydrogen) atoms. The molecule has 0 aliphatic carbocycles. The Morgan fingerprint density at radius 2 is 1.95 bits per heavy atom. The summed E-state index contributed by atoms with van der Waals surface area (Å²) in [4.78, 5) is 0. The number of nitrogens with one attached hydrogen (secondary N) is 1. The van der Waals surface area contributed by atoms with Crippen LogP contribution in [0.2, 0.25) is 0 Å². The highest BCUT2D eigenvalue weighted by molar-refractivity contribution is 5.36. The van der Waals surface area contributed by atoms with Gasteiger partial charge in [0.05, 0.1) is 12.2 Å². The Bertz CT molecular complexity index is 627. The molecule has 0 atom stereocenters. The Balaban J connectivity index is 2.03. The largest absolute Gasteiger partial charge is 0.435 e. The zero-order valence-electron chi connectivity index (χ0n) is 12.9. The van der Waals surface area contributed by atoms with Crippen molar-refractivity contribution in [1.82, 2.24) is 19.6 Å². The summed E-state index contributed by atoms with van der Waals surface area (Å²) in [5.74, 6) is 0.656. The van der Waals surface area contributed by atoms with E-state index < -0.39 is 11.9 Å². The summed E-state index contributed by atoms with van der Waals surface area (Å²) in [6.07, 6.45) is -2.30. The number of hydrogen-bond acceptors (Lipinski definition) is 3. The van der Waals surface area contributed by atoms with Crippen LogP contribution in [-0.2, 0) is 26.3 Å². The maximum atomic E-state index is 12.6. The summed E-state index contributed by atoms with van der Waals surface area (Å²) in [5, 5.41) is 10.9. The van der Waals surface area contributed by atoms with Crippen molar-refractivity contribution in [1.29, 1.82) is 0 Å². The first-order valence-corrected chi connectivity index (χ1v) is 7.19. The highest BCUT2D eigenvalue weighted by atomic mass is 19.4. The van der Waals surface area contributed by atoms with Gasteiger partial charge in [-0.3, -0.25) is 9.36 Å². The molecule has 2 aromatic heterocycles. The van der Waals surface area contributed by atoms with Crippen molar-refractivity contribution in [3.8, 4) is 0 Å². The number of aryl methyl sites for hydroxylation is 3. The van der Waals surface area contributed by atoms with Crippen molar-refractivity contribution in [3.63, 3.8) is 0 Å². The topological polar surface area (TPSA) is 47.7 Å². The monoisotopic (exact) mass is 315 g/mol. The lowest BCUT2D eigenvalue weighted by atomic mass is 10.3. The minimum Gasteiger partial charge on any atom is -0.363 e. The van der Waals surface area contributed by atoms with Gasteiger partial charge in [-0.25, -0.2) is 0 Å². The minimum atomic E-state index is -4.42. The van der Waals surface area contributed by atoms with E-state index in [4.69, 9.17) is 0 Å². The fourth-order valence-corrected chi connectivity index (χ4v) is 2.12. The fraction of sp³-hybridized carbons (Fsp3) is 0.571. The standard InChI is InChI=1S/C14H20F3N5/c1-4-5-6-22-10(2)7-13(20-22)18-9-11-8-12(14(15,16)17)19-21(11)3/h7-8H,4-6,9H2,1-3H3,(H,18,20). The third-order valence-corrected chi connectivity index (χ3v) is 3.42. The second-order valence-electron chi connectivity index (χ2n) is 5.24. The molecule has 0 aromatic carbocycles. The third-order valence-electron chi connectivity index (χ3n) is 3.42. The van der Waals surface area contributed by atoms with Gasteiger partial charge in [0.2, 0.25) is 0 Å². The molecule has 0 saturated heterocycles. The van der Waals surface area contributed by atoms with Gasteiger partial charge in [-0.15, -0.1) is 0 Å². The number of rotatable bonds is 6. The van der Waals surface area contributed by atoms with E-state index in [-0.39, 0.29) is 6.54 Å². The quantitative estimate of drug-likeness (QED) is 0.889. The molecule has 1 N–H and O–H groups in total. The molecule has 2 rings (SSSR count). The third kappa shape index (κ3) is 3.80. The highest BCUT2D eigenvalue weighted by Gasteiger charge is 2.34. The SMILES string of the molecule is CCCCn1nc(NCc2cc(C(F)(F)F)nn2C)cc1C. The maximum Gasteiger partial charge on any atom is 0.435 e. The van der Waals surface area contributed by atoms with E-state index in [2.05, 4.69) is 22.4 Å². The van der Waals surface area contributed by atoms with Crippen LogP contribution < -0.4 is 5.32 Å². The van der Waals surface area contributed by atoms with Gasteiger partial charge in [0.25, 0.3) is 0 Å². The first kappa shape index (κ1) is 16.4. The number of unbranched alkanes of at least 4 members (excludes halogenated alkanes) is 1. The van der Waals surface area contributed by atoms with Gasteiger partial charge in [-0.1, -0.05) is 13.3 Å². The summed E-state index contributed by atoms with van der Waals surface area (Å²) in [6, 6.07) is 2.94. The molecule has 0 bridgehead atoms. The smallest absolute Gasteiger partial charge is 0.363 e.